The highest BCUT2D eigenvalue weighted by molar-refractivity contribution is 6.08. The highest BCUT2D eigenvalue weighted by Crippen LogP contribution is 2.29. The van der Waals surface area contributed by atoms with E-state index in [0.717, 1.165) is 17.6 Å². The molecule has 21 heavy (non-hydrogen) atoms. The molecule has 2 nitrogen and oxygen atoms in total. The van der Waals surface area contributed by atoms with Crippen LogP contribution < -0.4 is 0 Å². The number of carbonyl (C=O) groups excluding carboxylic acids is 1. The molecule has 0 atom stereocenters. The van der Waals surface area contributed by atoms with E-state index in [0.29, 0.717) is 5.69 Å². The molecule has 2 aromatic heterocycles. The molecule has 0 amide bonds. The van der Waals surface area contributed by atoms with Crippen LogP contribution >= 0.6 is 0 Å². The van der Waals surface area contributed by atoms with E-state index in [1.54, 1.807) is 28.8 Å². The minimum Gasteiger partial charge on any atom is -0.314 e. The lowest BCUT2D eigenvalue weighted by atomic mass is 10.1. The Morgan fingerprint density at radius 2 is 1.62 bits per heavy atom. The SMILES string of the molecule is O=C(c1ccc(C(F)(F)F)cc1)c1ccc2ccccn12. The van der Waals surface area contributed by atoms with Crippen LogP contribution in [0.2, 0.25) is 0 Å². The van der Waals surface area contributed by atoms with Crippen molar-refractivity contribution in [2.75, 3.05) is 0 Å². The smallest absolute Gasteiger partial charge is 0.314 e. The van der Waals surface area contributed by atoms with Crippen LogP contribution in [0.25, 0.3) is 5.52 Å². The average Bonchev–Trinajstić information content (AvgIpc) is 2.90. The average molecular weight is 289 g/mol. The van der Waals surface area contributed by atoms with Gasteiger partial charge >= 0.3 is 6.18 Å². The number of rotatable bonds is 2. The van der Waals surface area contributed by atoms with E-state index in [4.69, 9.17) is 0 Å². The third kappa shape index (κ3) is 2.42. The molecular formula is C16H10F3NO. The van der Waals surface area contributed by atoms with Gasteiger partial charge in [-0.2, -0.15) is 13.2 Å². The van der Waals surface area contributed by atoms with Crippen LogP contribution in [0.5, 0.6) is 0 Å². The van der Waals surface area contributed by atoms with E-state index in [1.807, 2.05) is 12.1 Å². The van der Waals surface area contributed by atoms with Crippen molar-refractivity contribution in [3.8, 4) is 0 Å². The normalized spacial score (nSPS) is 11.8. The molecule has 0 saturated carbocycles. The molecule has 0 saturated heterocycles. The molecule has 0 spiro atoms. The van der Waals surface area contributed by atoms with Crippen molar-refractivity contribution >= 4 is 11.3 Å². The van der Waals surface area contributed by atoms with Gasteiger partial charge in [-0.3, -0.25) is 4.79 Å². The van der Waals surface area contributed by atoms with Crippen molar-refractivity contribution in [2.45, 2.75) is 6.18 Å². The molecule has 0 aliphatic rings. The van der Waals surface area contributed by atoms with E-state index in [-0.39, 0.29) is 11.3 Å². The number of hydrogen-bond donors (Lipinski definition) is 0. The maximum atomic E-state index is 12.5. The van der Waals surface area contributed by atoms with Crippen molar-refractivity contribution in [1.29, 1.82) is 0 Å². The fraction of sp³-hybridized carbons (Fsp3) is 0.0625. The third-order valence-corrected chi connectivity index (χ3v) is 3.27. The standard InChI is InChI=1S/C16H10F3NO/c17-16(18,19)12-6-4-11(5-7-12)15(21)14-9-8-13-3-1-2-10-20(13)14/h1-10H. The second kappa shape index (κ2) is 4.77. The molecule has 0 aliphatic carbocycles. The minimum absolute atomic E-state index is 0.229. The number of alkyl halides is 3. The first-order valence-corrected chi connectivity index (χ1v) is 6.25. The number of fused-ring (bicyclic) bond motifs is 1. The minimum atomic E-state index is -4.40. The highest BCUT2D eigenvalue weighted by atomic mass is 19.4. The summed E-state index contributed by atoms with van der Waals surface area (Å²) in [7, 11) is 0. The molecule has 106 valence electrons. The molecule has 0 radical (unpaired) electrons. The fourth-order valence-electron chi connectivity index (χ4n) is 2.20. The Kier molecular flexibility index (Phi) is 3.05. The molecule has 5 heteroatoms. The van der Waals surface area contributed by atoms with Gasteiger partial charge in [-0.05, 0) is 36.4 Å². The number of nitrogens with zero attached hydrogens (tertiary/aromatic N) is 1. The third-order valence-electron chi connectivity index (χ3n) is 3.27. The summed E-state index contributed by atoms with van der Waals surface area (Å²) in [5.41, 5.74) is 0.740. The van der Waals surface area contributed by atoms with Crippen LogP contribution in [0, 0.1) is 0 Å². The zero-order valence-electron chi connectivity index (χ0n) is 10.8. The lowest BCUT2D eigenvalue weighted by Gasteiger charge is -2.07. The van der Waals surface area contributed by atoms with Gasteiger partial charge in [-0.15, -0.1) is 0 Å². The summed E-state index contributed by atoms with van der Waals surface area (Å²) < 4.78 is 39.2. The Morgan fingerprint density at radius 3 is 2.29 bits per heavy atom. The molecule has 3 rings (SSSR count). The van der Waals surface area contributed by atoms with Crippen LogP contribution in [0.15, 0.2) is 60.8 Å². The van der Waals surface area contributed by atoms with Gasteiger partial charge in [0.05, 0.1) is 11.3 Å². The maximum Gasteiger partial charge on any atom is 0.416 e. The number of ketones is 1. The molecule has 0 bridgehead atoms. The van der Waals surface area contributed by atoms with Crippen LogP contribution in [-0.2, 0) is 6.18 Å². The zero-order valence-corrected chi connectivity index (χ0v) is 10.8. The van der Waals surface area contributed by atoms with Gasteiger partial charge in [0, 0.05) is 17.3 Å². The van der Waals surface area contributed by atoms with E-state index in [2.05, 4.69) is 0 Å². The first-order chi connectivity index (χ1) is 9.97. The summed E-state index contributed by atoms with van der Waals surface area (Å²) in [6.45, 7) is 0. The van der Waals surface area contributed by atoms with E-state index >= 15 is 0 Å². The lowest BCUT2D eigenvalue weighted by molar-refractivity contribution is -0.137. The van der Waals surface area contributed by atoms with Crippen molar-refractivity contribution in [2.24, 2.45) is 0 Å². The largest absolute Gasteiger partial charge is 0.416 e. The second-order valence-electron chi connectivity index (χ2n) is 4.62. The highest BCUT2D eigenvalue weighted by Gasteiger charge is 2.30. The fourth-order valence-corrected chi connectivity index (χ4v) is 2.20. The molecule has 3 aromatic rings. The molecule has 2 heterocycles. The zero-order chi connectivity index (χ0) is 15.0. The predicted molar refractivity (Wildman–Crippen MR) is 72.3 cm³/mol. The molecule has 0 N–H and O–H groups in total. The summed E-state index contributed by atoms with van der Waals surface area (Å²) in [6, 6.07) is 13.2. The molecule has 0 fully saturated rings. The van der Waals surface area contributed by atoms with Crippen LogP contribution in [0.4, 0.5) is 13.2 Å². The maximum absolute atomic E-state index is 12.5. The molecule has 1 aromatic carbocycles. The van der Waals surface area contributed by atoms with Crippen molar-refractivity contribution in [3.05, 3.63) is 77.6 Å². The predicted octanol–water partition coefficient (Wildman–Crippen LogP) is 4.19. The van der Waals surface area contributed by atoms with Gasteiger partial charge in [-0.1, -0.05) is 18.2 Å². The summed E-state index contributed by atoms with van der Waals surface area (Å²) in [5, 5.41) is 0. The number of aromatic nitrogens is 1. The summed E-state index contributed by atoms with van der Waals surface area (Å²) >= 11 is 0. The lowest BCUT2D eigenvalue weighted by Crippen LogP contribution is -2.08. The van der Waals surface area contributed by atoms with Gasteiger partial charge < -0.3 is 4.40 Å². The summed E-state index contributed by atoms with van der Waals surface area (Å²) in [4.78, 5) is 12.4. The van der Waals surface area contributed by atoms with Gasteiger partial charge in [0.25, 0.3) is 0 Å². The van der Waals surface area contributed by atoms with Gasteiger partial charge in [-0.25, -0.2) is 0 Å². The molecular weight excluding hydrogens is 279 g/mol. The van der Waals surface area contributed by atoms with E-state index in [9.17, 15) is 18.0 Å². The number of halogens is 3. The van der Waals surface area contributed by atoms with Crippen LogP contribution in [0.1, 0.15) is 21.6 Å². The Hall–Kier alpha value is -2.56. The summed E-state index contributed by atoms with van der Waals surface area (Å²) in [6.07, 6.45) is -2.66. The Morgan fingerprint density at radius 1 is 0.905 bits per heavy atom. The Labute approximate surface area is 118 Å². The van der Waals surface area contributed by atoms with E-state index in [1.165, 1.54) is 12.1 Å². The van der Waals surface area contributed by atoms with Gasteiger partial charge in [0.15, 0.2) is 0 Å². The number of hydrogen-bond acceptors (Lipinski definition) is 1. The van der Waals surface area contributed by atoms with Crippen molar-refractivity contribution in [3.63, 3.8) is 0 Å². The first-order valence-electron chi connectivity index (χ1n) is 6.25. The van der Waals surface area contributed by atoms with Gasteiger partial charge in [0.2, 0.25) is 5.78 Å². The Bertz CT molecular complexity index is 800. The van der Waals surface area contributed by atoms with Gasteiger partial charge in [0.1, 0.15) is 0 Å². The monoisotopic (exact) mass is 289 g/mol. The number of carbonyl (C=O) groups is 1. The number of benzene rings is 1. The topological polar surface area (TPSA) is 21.5 Å². The van der Waals surface area contributed by atoms with Crippen LogP contribution in [-0.4, -0.2) is 10.2 Å². The Balaban J connectivity index is 1.99. The quantitative estimate of drug-likeness (QED) is 0.648. The first kappa shape index (κ1) is 13.4. The molecule has 0 aliphatic heterocycles. The molecule has 0 unspecified atom stereocenters. The van der Waals surface area contributed by atoms with Crippen LogP contribution in [0.3, 0.4) is 0 Å². The van der Waals surface area contributed by atoms with Crippen molar-refractivity contribution in [1.82, 2.24) is 4.40 Å². The van der Waals surface area contributed by atoms with Crippen molar-refractivity contribution < 1.29 is 18.0 Å². The second-order valence-corrected chi connectivity index (χ2v) is 4.62. The number of pyridine rings is 1. The van der Waals surface area contributed by atoms with E-state index < -0.39 is 11.7 Å². The summed E-state index contributed by atoms with van der Waals surface area (Å²) in [5.74, 6) is -0.310.